The molecular weight excluding hydrogens is 632 g/mol. The third-order valence-corrected chi connectivity index (χ3v) is 8.82. The van der Waals surface area contributed by atoms with Gasteiger partial charge in [-0.2, -0.15) is 0 Å². The van der Waals surface area contributed by atoms with Crippen LogP contribution in [0.4, 0.5) is 11.5 Å². The van der Waals surface area contributed by atoms with Gasteiger partial charge in [-0.05, 0) is 74.1 Å². The van der Waals surface area contributed by atoms with Gasteiger partial charge in [-0.1, -0.05) is 48.3 Å². The molecule has 0 saturated heterocycles. The number of rotatable bonds is 10. The first kappa shape index (κ1) is 30.8. The lowest BCUT2D eigenvalue weighted by molar-refractivity contribution is -0.140. The monoisotopic (exact) mass is 662 g/mol. The van der Waals surface area contributed by atoms with Gasteiger partial charge in [0.1, 0.15) is 11.9 Å². The van der Waals surface area contributed by atoms with Gasteiger partial charge in [0.05, 0.1) is 16.1 Å². The number of nitrogens with zero attached hydrogens (tertiary/aromatic N) is 5. The minimum Gasteiger partial charge on any atom is -0.480 e. The van der Waals surface area contributed by atoms with E-state index < -0.39 is 27.4 Å². The molecule has 2 N–H and O–H groups in total. The molecule has 2 aromatic heterocycles. The molecule has 0 fully saturated rings. The molecule has 0 saturated carbocycles. The molecule has 4 rings (SSSR count). The third kappa shape index (κ3) is 6.83. The number of carbonyl (C=O) groups is 1. The van der Waals surface area contributed by atoms with E-state index in [1.165, 1.54) is 12.1 Å². The number of hydrogen-bond acceptors (Lipinski definition) is 7. The summed E-state index contributed by atoms with van der Waals surface area (Å²) in [5.41, 5.74) is 0.00935. The summed E-state index contributed by atoms with van der Waals surface area (Å²) in [7, 11) is -0.370. The fourth-order valence-electron chi connectivity index (χ4n) is 4.46. The Morgan fingerprint density at radius 1 is 1.10 bits per heavy atom. The van der Waals surface area contributed by atoms with Crippen LogP contribution in [0.3, 0.4) is 0 Å². The van der Waals surface area contributed by atoms with Crippen LogP contribution in [-0.2, 0) is 14.8 Å². The van der Waals surface area contributed by atoms with Crippen molar-refractivity contribution in [3.63, 3.8) is 0 Å². The maximum absolute atomic E-state index is 14.1. The molecule has 0 spiro atoms. The summed E-state index contributed by atoms with van der Waals surface area (Å²) >= 11 is 9.47. The highest BCUT2D eigenvalue weighted by atomic mass is 79.9. The molecule has 10 nitrogen and oxygen atoms in total. The fraction of sp³-hybridized carbons (Fsp3) is 0.321. The van der Waals surface area contributed by atoms with E-state index >= 15 is 0 Å². The van der Waals surface area contributed by atoms with E-state index in [1.54, 1.807) is 45.0 Å². The highest BCUT2D eigenvalue weighted by molar-refractivity contribution is 9.10. The Balaban J connectivity index is 1.77. The first-order chi connectivity index (χ1) is 19.2. The van der Waals surface area contributed by atoms with Gasteiger partial charge >= 0.3 is 5.97 Å². The van der Waals surface area contributed by atoms with Gasteiger partial charge in [-0.3, -0.25) is 8.87 Å². The Hall–Kier alpha value is -3.19. The highest BCUT2D eigenvalue weighted by Crippen LogP contribution is 2.37. The van der Waals surface area contributed by atoms with Crippen molar-refractivity contribution in [2.24, 2.45) is 5.41 Å². The van der Waals surface area contributed by atoms with E-state index in [0.717, 1.165) is 22.9 Å². The van der Waals surface area contributed by atoms with Crippen molar-refractivity contribution in [1.29, 1.82) is 0 Å². The van der Waals surface area contributed by atoms with Crippen molar-refractivity contribution in [2.45, 2.75) is 31.7 Å². The molecule has 218 valence electrons. The van der Waals surface area contributed by atoms with Crippen molar-refractivity contribution in [2.75, 3.05) is 36.8 Å². The molecule has 4 aromatic rings. The normalized spacial score (nSPS) is 13.0. The van der Waals surface area contributed by atoms with Crippen LogP contribution >= 0.6 is 27.5 Å². The van der Waals surface area contributed by atoms with E-state index in [1.807, 2.05) is 43.1 Å². The fourth-order valence-corrected chi connectivity index (χ4v) is 7.39. The van der Waals surface area contributed by atoms with Gasteiger partial charge < -0.3 is 15.3 Å². The highest BCUT2D eigenvalue weighted by Gasteiger charge is 2.43. The number of anilines is 2. The van der Waals surface area contributed by atoms with Gasteiger partial charge in [0, 0.05) is 34.2 Å². The minimum atomic E-state index is -4.36. The Kier molecular flexibility index (Phi) is 8.98. The summed E-state index contributed by atoms with van der Waals surface area (Å²) in [5.74, 6) is -0.0311. The van der Waals surface area contributed by atoms with Crippen molar-refractivity contribution >= 4 is 65.9 Å². The van der Waals surface area contributed by atoms with E-state index in [-0.39, 0.29) is 15.6 Å². The molecule has 0 aliphatic carbocycles. The second-order valence-corrected chi connectivity index (χ2v) is 14.1. The Bertz CT molecular complexity index is 1650. The van der Waals surface area contributed by atoms with Gasteiger partial charge in [0.25, 0.3) is 10.0 Å². The minimum absolute atomic E-state index is 0.125. The number of aromatic nitrogens is 3. The zero-order chi connectivity index (χ0) is 30.1. The van der Waals surface area contributed by atoms with Gasteiger partial charge in [-0.25, -0.2) is 13.2 Å². The lowest BCUT2D eigenvalue weighted by Crippen LogP contribution is -2.52. The topological polar surface area (TPSA) is 121 Å². The number of hydrogen-bond donors (Lipinski definition) is 2. The molecule has 0 bridgehead atoms. The number of fused-ring (bicyclic) bond motifs is 1. The summed E-state index contributed by atoms with van der Waals surface area (Å²) in [6, 6.07) is 13.4. The van der Waals surface area contributed by atoms with Crippen molar-refractivity contribution in [1.82, 2.24) is 19.7 Å². The van der Waals surface area contributed by atoms with E-state index in [4.69, 9.17) is 11.6 Å². The van der Waals surface area contributed by atoms with Crippen molar-refractivity contribution in [3.8, 4) is 5.82 Å². The first-order valence-electron chi connectivity index (χ1n) is 12.8. The quantitative estimate of drug-likeness (QED) is 0.228. The molecule has 1 atom stereocenters. The first-order valence-corrected chi connectivity index (χ1v) is 15.4. The molecule has 0 aliphatic heterocycles. The van der Waals surface area contributed by atoms with E-state index in [9.17, 15) is 18.3 Å². The van der Waals surface area contributed by atoms with Crippen LogP contribution in [0.15, 0.2) is 70.2 Å². The summed E-state index contributed by atoms with van der Waals surface area (Å²) in [4.78, 5) is 14.5. The number of nitrogens with one attached hydrogen (secondary N) is 1. The number of benzene rings is 2. The molecular formula is C28H32BrClN6O4S. The molecule has 0 amide bonds. The second kappa shape index (κ2) is 12.0. The summed E-state index contributed by atoms with van der Waals surface area (Å²) in [6.45, 7) is 6.65. The Morgan fingerprint density at radius 2 is 1.83 bits per heavy atom. The maximum Gasteiger partial charge on any atom is 0.328 e. The van der Waals surface area contributed by atoms with Crippen LogP contribution in [-0.4, -0.2) is 72.4 Å². The van der Waals surface area contributed by atoms with Crippen LogP contribution in [0.1, 0.15) is 20.8 Å². The Morgan fingerprint density at radius 3 is 2.41 bits per heavy atom. The van der Waals surface area contributed by atoms with Crippen LogP contribution in [0.2, 0.25) is 5.02 Å². The van der Waals surface area contributed by atoms with Gasteiger partial charge in [0.15, 0.2) is 5.82 Å². The summed E-state index contributed by atoms with van der Waals surface area (Å²) in [5, 5.41) is 23.0. The zero-order valence-electron chi connectivity index (χ0n) is 23.3. The van der Waals surface area contributed by atoms with Crippen molar-refractivity contribution < 1.29 is 18.3 Å². The molecule has 2 heterocycles. The number of aliphatic carboxylic acids is 1. The predicted octanol–water partition coefficient (Wildman–Crippen LogP) is 5.50. The lowest BCUT2D eigenvalue weighted by Gasteiger charge is -2.37. The van der Waals surface area contributed by atoms with Crippen LogP contribution in [0.25, 0.3) is 16.7 Å². The molecule has 1 unspecified atom stereocenters. The molecule has 2 aromatic carbocycles. The SMILES string of the molecule is CN(C)CCNc1ccc(-n2ccc3cc(N(C(C(=O)O)C(C)(C)C)S(=O)(=O)c4cc(Cl)cc(Br)c4)ccc32)nn1. The smallest absolute Gasteiger partial charge is 0.328 e. The lowest BCUT2D eigenvalue weighted by atomic mass is 9.86. The van der Waals surface area contributed by atoms with Gasteiger partial charge in [0.2, 0.25) is 0 Å². The van der Waals surface area contributed by atoms with Crippen LogP contribution in [0.5, 0.6) is 0 Å². The summed E-state index contributed by atoms with van der Waals surface area (Å²) in [6.07, 6.45) is 1.81. The molecule has 13 heteroatoms. The predicted molar refractivity (Wildman–Crippen MR) is 166 cm³/mol. The van der Waals surface area contributed by atoms with Gasteiger partial charge in [-0.15, -0.1) is 10.2 Å². The molecule has 0 aliphatic rings. The number of halogens is 2. The largest absolute Gasteiger partial charge is 0.480 e. The van der Waals surface area contributed by atoms with E-state index in [0.29, 0.717) is 21.5 Å². The number of likely N-dealkylation sites (N-methyl/N-ethyl adjacent to an activating group) is 1. The van der Waals surface area contributed by atoms with Crippen LogP contribution < -0.4 is 9.62 Å². The van der Waals surface area contributed by atoms with Crippen molar-refractivity contribution in [3.05, 3.63) is 70.3 Å². The summed E-state index contributed by atoms with van der Waals surface area (Å²) < 4.78 is 31.4. The maximum atomic E-state index is 14.1. The Labute approximate surface area is 253 Å². The zero-order valence-corrected chi connectivity index (χ0v) is 26.5. The number of sulfonamides is 1. The average Bonchev–Trinajstić information content (AvgIpc) is 3.29. The molecule has 0 radical (unpaired) electrons. The van der Waals surface area contributed by atoms with E-state index in [2.05, 4.69) is 36.3 Å². The second-order valence-electron chi connectivity index (χ2n) is 10.9. The molecule has 41 heavy (non-hydrogen) atoms. The number of carboxylic acids is 1. The third-order valence-electron chi connectivity index (χ3n) is 6.37. The standard InChI is InChI=1S/C28H32BrClN6O4S/c1-28(2,3)26(27(37)38)36(41(39,40)22-16-19(29)15-20(30)17-22)21-6-7-23-18(14-21)10-12-35(23)25-9-8-24(32-33-25)31-11-13-34(4)5/h6-10,12,14-17,26H,11,13H2,1-5H3,(H,31,32)(H,37,38). The average molecular weight is 664 g/mol. The number of carboxylic acid groups (broad SMARTS) is 1. The van der Waals surface area contributed by atoms with Crippen LogP contribution in [0, 0.1) is 5.41 Å².